The number of hydrogen-bond acceptors (Lipinski definition) is 3. The maximum Gasteiger partial charge on any atom is 0.361 e. The summed E-state index contributed by atoms with van der Waals surface area (Å²) in [6.07, 6.45) is 10.2. The fraction of sp³-hybridized carbons (Fsp3) is 0.944. The largest absolute Gasteiger partial charge is 1.00 e. The molecule has 0 aromatic heterocycles. The molecule has 4 nitrogen and oxygen atoms in total. The lowest BCUT2D eigenvalue weighted by Gasteiger charge is -2.29. The van der Waals surface area contributed by atoms with Crippen molar-refractivity contribution >= 4 is 5.97 Å². The highest BCUT2D eigenvalue weighted by atomic mass is 35.5. The van der Waals surface area contributed by atoms with Gasteiger partial charge in [0.05, 0.1) is 27.2 Å². The monoisotopic (exact) mass is 350 g/mol. The Bertz CT molecular complexity index is 284. The van der Waals surface area contributed by atoms with Crippen molar-refractivity contribution < 1.29 is 26.4 Å². The number of hydrogen-bond donors (Lipinski definition) is 0. The van der Waals surface area contributed by atoms with Gasteiger partial charge < -0.3 is 26.5 Å². The molecule has 0 aliphatic carbocycles. The van der Waals surface area contributed by atoms with Crippen molar-refractivity contribution in [1.29, 1.82) is 0 Å². The number of carbonyl (C=O) groups is 1. The van der Waals surface area contributed by atoms with Crippen molar-refractivity contribution in [1.82, 2.24) is 4.90 Å². The molecule has 0 aliphatic rings. The van der Waals surface area contributed by atoms with Gasteiger partial charge in [-0.05, 0) is 20.5 Å². The van der Waals surface area contributed by atoms with E-state index in [1.165, 1.54) is 44.9 Å². The SMILES string of the molecule is CCCCCCCCCCOC(=O)C[N+](C)(C)CCN(C)C.[Cl-]. The fourth-order valence-corrected chi connectivity index (χ4v) is 2.37. The molecule has 0 spiro atoms. The van der Waals surface area contributed by atoms with Crippen LogP contribution in [0.3, 0.4) is 0 Å². The fourth-order valence-electron chi connectivity index (χ4n) is 2.37. The van der Waals surface area contributed by atoms with Crippen LogP contribution in [0.2, 0.25) is 0 Å². The summed E-state index contributed by atoms with van der Waals surface area (Å²) < 4.78 is 6.05. The van der Waals surface area contributed by atoms with Gasteiger partial charge in [-0.3, -0.25) is 0 Å². The molecule has 0 aliphatic heterocycles. The molecular formula is C18H39ClN2O2. The third-order valence-corrected chi connectivity index (χ3v) is 3.97. The zero-order valence-electron chi connectivity index (χ0n) is 16.1. The maximum atomic E-state index is 11.9. The van der Waals surface area contributed by atoms with Crippen molar-refractivity contribution in [2.75, 3.05) is 54.4 Å². The van der Waals surface area contributed by atoms with Crippen molar-refractivity contribution in [2.24, 2.45) is 0 Å². The number of ether oxygens (including phenoxy) is 1. The van der Waals surface area contributed by atoms with Gasteiger partial charge in [0.15, 0.2) is 6.54 Å². The molecule has 0 aromatic carbocycles. The summed E-state index contributed by atoms with van der Waals surface area (Å²) in [5.74, 6) is -0.0632. The highest BCUT2D eigenvalue weighted by Crippen LogP contribution is 2.08. The molecular weight excluding hydrogens is 312 g/mol. The Kier molecular flexibility index (Phi) is 16.5. The predicted octanol–water partition coefficient (Wildman–Crippen LogP) is 0.312. The molecule has 5 heteroatoms. The van der Waals surface area contributed by atoms with E-state index in [9.17, 15) is 4.79 Å². The van der Waals surface area contributed by atoms with Crippen LogP contribution in [0, 0.1) is 0 Å². The minimum absolute atomic E-state index is 0. The minimum atomic E-state index is -0.0632. The Hall–Kier alpha value is -0.320. The highest BCUT2D eigenvalue weighted by molar-refractivity contribution is 5.70. The molecule has 0 N–H and O–H groups in total. The Labute approximate surface area is 150 Å². The standard InChI is InChI=1S/C18H39N2O2.ClH/c1-6-7-8-9-10-11-12-13-16-22-18(21)17-20(4,5)15-14-19(2)3;/h6-17H2,1-5H3;1H/q+1;/p-1. The van der Waals surface area contributed by atoms with Gasteiger partial charge >= 0.3 is 5.97 Å². The number of esters is 1. The Balaban J connectivity index is 0. The first-order chi connectivity index (χ1) is 10.4. The second-order valence-electron chi connectivity index (χ2n) is 7.32. The first-order valence-electron chi connectivity index (χ1n) is 9.00. The van der Waals surface area contributed by atoms with Gasteiger partial charge in [0.25, 0.3) is 0 Å². The van der Waals surface area contributed by atoms with Crippen LogP contribution in [0.25, 0.3) is 0 Å². The molecule has 0 rings (SSSR count). The molecule has 0 heterocycles. The third kappa shape index (κ3) is 17.9. The lowest BCUT2D eigenvalue weighted by Crippen LogP contribution is -3.00. The Morgan fingerprint density at radius 3 is 2.00 bits per heavy atom. The molecule has 0 saturated carbocycles. The molecule has 140 valence electrons. The lowest BCUT2D eigenvalue weighted by atomic mass is 10.1. The number of likely N-dealkylation sites (N-methyl/N-ethyl adjacent to an activating group) is 2. The molecule has 23 heavy (non-hydrogen) atoms. The molecule has 0 fully saturated rings. The van der Waals surface area contributed by atoms with E-state index in [1.807, 2.05) is 0 Å². The first-order valence-corrected chi connectivity index (χ1v) is 9.00. The zero-order valence-corrected chi connectivity index (χ0v) is 16.8. The van der Waals surface area contributed by atoms with Crippen molar-refractivity contribution in [2.45, 2.75) is 58.3 Å². The van der Waals surface area contributed by atoms with E-state index in [-0.39, 0.29) is 18.4 Å². The van der Waals surface area contributed by atoms with E-state index in [4.69, 9.17) is 4.74 Å². The molecule has 0 bridgehead atoms. The summed E-state index contributed by atoms with van der Waals surface area (Å²) in [6, 6.07) is 0. The summed E-state index contributed by atoms with van der Waals surface area (Å²) in [5, 5.41) is 0. The van der Waals surface area contributed by atoms with E-state index in [0.717, 1.165) is 19.5 Å². The molecule has 0 atom stereocenters. The van der Waals surface area contributed by atoms with Crippen molar-refractivity contribution in [3.05, 3.63) is 0 Å². The van der Waals surface area contributed by atoms with Crippen LogP contribution in [-0.2, 0) is 9.53 Å². The third-order valence-electron chi connectivity index (χ3n) is 3.97. The van der Waals surface area contributed by atoms with Gasteiger partial charge in [-0.15, -0.1) is 0 Å². The minimum Gasteiger partial charge on any atom is -1.00 e. The van der Waals surface area contributed by atoms with E-state index in [2.05, 4.69) is 40.0 Å². The van der Waals surface area contributed by atoms with Gasteiger partial charge in [0.2, 0.25) is 0 Å². The topological polar surface area (TPSA) is 29.5 Å². The first kappa shape index (κ1) is 24.9. The second kappa shape index (κ2) is 15.2. The van der Waals surface area contributed by atoms with E-state index >= 15 is 0 Å². The van der Waals surface area contributed by atoms with Gasteiger partial charge in [0, 0.05) is 6.54 Å². The smallest absolute Gasteiger partial charge is 0.361 e. The Morgan fingerprint density at radius 2 is 1.48 bits per heavy atom. The van der Waals surface area contributed by atoms with Gasteiger partial charge in [-0.2, -0.15) is 0 Å². The summed E-state index contributed by atoms with van der Waals surface area (Å²) in [4.78, 5) is 14.0. The number of halogens is 1. The zero-order chi connectivity index (χ0) is 16.8. The van der Waals surface area contributed by atoms with E-state index in [0.29, 0.717) is 17.6 Å². The molecule has 0 saturated heterocycles. The van der Waals surface area contributed by atoms with Crippen LogP contribution in [-0.4, -0.2) is 69.8 Å². The van der Waals surface area contributed by atoms with Gasteiger partial charge in [-0.25, -0.2) is 4.79 Å². The number of carbonyl (C=O) groups excluding carboxylic acids is 1. The number of nitrogens with zero attached hydrogens (tertiary/aromatic N) is 2. The number of rotatable bonds is 14. The van der Waals surface area contributed by atoms with Crippen molar-refractivity contribution in [3.8, 4) is 0 Å². The summed E-state index contributed by atoms with van der Waals surface area (Å²) in [5.41, 5.74) is 0. The highest BCUT2D eigenvalue weighted by Gasteiger charge is 2.20. The lowest BCUT2D eigenvalue weighted by molar-refractivity contribution is -0.882. The van der Waals surface area contributed by atoms with Gasteiger partial charge in [-0.1, -0.05) is 51.9 Å². The van der Waals surface area contributed by atoms with Crippen LogP contribution in [0.4, 0.5) is 0 Å². The quantitative estimate of drug-likeness (QED) is 0.256. The summed E-state index contributed by atoms with van der Waals surface area (Å²) >= 11 is 0. The average Bonchev–Trinajstić information content (AvgIpc) is 2.43. The summed E-state index contributed by atoms with van der Waals surface area (Å²) in [7, 11) is 8.28. The van der Waals surface area contributed by atoms with Gasteiger partial charge in [0.1, 0.15) is 0 Å². The van der Waals surface area contributed by atoms with Crippen molar-refractivity contribution in [3.63, 3.8) is 0 Å². The average molecular weight is 351 g/mol. The number of unbranched alkanes of at least 4 members (excludes halogenated alkanes) is 7. The van der Waals surface area contributed by atoms with Crippen LogP contribution < -0.4 is 12.4 Å². The molecule has 0 aromatic rings. The molecule has 0 radical (unpaired) electrons. The maximum absolute atomic E-state index is 11.9. The second-order valence-corrected chi connectivity index (χ2v) is 7.32. The number of quaternary nitrogens is 1. The molecule has 0 unspecified atom stereocenters. The Morgan fingerprint density at radius 1 is 0.957 bits per heavy atom. The normalized spacial score (nSPS) is 11.4. The predicted molar refractivity (Wildman–Crippen MR) is 94.0 cm³/mol. The summed E-state index contributed by atoms with van der Waals surface area (Å²) in [6.45, 7) is 5.24. The van der Waals surface area contributed by atoms with Crippen LogP contribution in [0.5, 0.6) is 0 Å². The van der Waals surface area contributed by atoms with E-state index < -0.39 is 0 Å². The van der Waals surface area contributed by atoms with Crippen LogP contribution >= 0.6 is 0 Å². The van der Waals surface area contributed by atoms with Crippen LogP contribution in [0.15, 0.2) is 0 Å². The van der Waals surface area contributed by atoms with Crippen LogP contribution in [0.1, 0.15) is 58.3 Å². The van der Waals surface area contributed by atoms with E-state index in [1.54, 1.807) is 0 Å². The molecule has 0 amide bonds.